The van der Waals surface area contributed by atoms with E-state index in [2.05, 4.69) is 11.9 Å². The van der Waals surface area contributed by atoms with Gasteiger partial charge < -0.3 is 19.7 Å². The van der Waals surface area contributed by atoms with Crippen molar-refractivity contribution in [3.8, 4) is 0 Å². The van der Waals surface area contributed by atoms with Gasteiger partial charge in [0.25, 0.3) is 0 Å². The third-order valence-corrected chi connectivity index (χ3v) is 4.77. The molecule has 0 spiro atoms. The van der Waals surface area contributed by atoms with Crippen LogP contribution in [0.3, 0.4) is 0 Å². The zero-order valence-corrected chi connectivity index (χ0v) is 15.7. The molecule has 1 amide bonds. The summed E-state index contributed by atoms with van der Waals surface area (Å²) in [5, 5.41) is 2.71. The number of rotatable bonds is 7. The van der Waals surface area contributed by atoms with Gasteiger partial charge in [0.05, 0.1) is 13.2 Å². The summed E-state index contributed by atoms with van der Waals surface area (Å²) < 4.78 is 10.1. The lowest BCUT2D eigenvalue weighted by molar-refractivity contribution is -0.144. The van der Waals surface area contributed by atoms with Gasteiger partial charge in [-0.05, 0) is 18.4 Å². The third kappa shape index (κ3) is 5.29. The number of nitrogens with zero attached hydrogens (tertiary/aromatic N) is 1. The first-order chi connectivity index (χ1) is 12.6. The third-order valence-electron chi connectivity index (χ3n) is 4.26. The summed E-state index contributed by atoms with van der Waals surface area (Å²) in [6.45, 7) is 5.43. The number of hydrogen-bond acceptors (Lipinski definition) is 5. The molecule has 2 rings (SSSR count). The Morgan fingerprint density at radius 2 is 1.96 bits per heavy atom. The molecule has 140 valence electrons. The molecule has 0 radical (unpaired) electrons. The molecular formula is C19H24N2O4S. The summed E-state index contributed by atoms with van der Waals surface area (Å²) in [6.07, 6.45) is 2.86. The molecule has 26 heavy (non-hydrogen) atoms. The Kier molecular flexibility index (Phi) is 7.59. The topological polar surface area (TPSA) is 67.9 Å². The molecule has 0 aromatic heterocycles. The van der Waals surface area contributed by atoms with Crippen molar-refractivity contribution >= 4 is 29.3 Å². The minimum absolute atomic E-state index is 0.132. The van der Waals surface area contributed by atoms with Gasteiger partial charge in [-0.25, -0.2) is 4.79 Å². The molecule has 0 aliphatic carbocycles. The lowest BCUT2D eigenvalue weighted by Gasteiger charge is -2.30. The Labute approximate surface area is 159 Å². The second-order valence-electron chi connectivity index (χ2n) is 6.00. The number of carbonyl (C=O) groups excluding carboxylic acids is 2. The monoisotopic (exact) mass is 376 g/mol. The number of hydrogen-bond donors (Lipinski definition) is 1. The number of carbonyl (C=O) groups is 2. The Hall–Kier alpha value is -2.41. The van der Waals surface area contributed by atoms with Crippen LogP contribution in [0, 0.1) is 5.92 Å². The molecule has 1 aliphatic heterocycles. The van der Waals surface area contributed by atoms with Crippen molar-refractivity contribution in [2.75, 3.05) is 20.2 Å². The van der Waals surface area contributed by atoms with Crippen LogP contribution in [0.15, 0.2) is 43.0 Å². The number of methoxy groups -OCH3 is 1. The molecule has 2 atom stereocenters. The van der Waals surface area contributed by atoms with E-state index in [0.717, 1.165) is 31.5 Å². The van der Waals surface area contributed by atoms with Crippen molar-refractivity contribution in [1.82, 2.24) is 10.2 Å². The van der Waals surface area contributed by atoms with Gasteiger partial charge in [0.2, 0.25) is 0 Å². The number of esters is 1. The van der Waals surface area contributed by atoms with Crippen molar-refractivity contribution in [2.24, 2.45) is 5.92 Å². The fourth-order valence-corrected chi connectivity index (χ4v) is 3.22. The van der Waals surface area contributed by atoms with E-state index in [1.807, 2.05) is 35.2 Å². The van der Waals surface area contributed by atoms with Crippen molar-refractivity contribution < 1.29 is 19.1 Å². The van der Waals surface area contributed by atoms with E-state index in [-0.39, 0.29) is 6.61 Å². The van der Waals surface area contributed by atoms with E-state index in [0.29, 0.717) is 4.99 Å². The molecule has 1 N–H and O–H groups in total. The molecule has 1 aromatic rings. The van der Waals surface area contributed by atoms with Crippen molar-refractivity contribution in [3.63, 3.8) is 0 Å². The summed E-state index contributed by atoms with van der Waals surface area (Å²) in [5.41, 5.74) is 0.870. The first-order valence-electron chi connectivity index (χ1n) is 8.53. The van der Waals surface area contributed by atoms with E-state index in [9.17, 15) is 9.59 Å². The summed E-state index contributed by atoms with van der Waals surface area (Å²) in [7, 11) is 1.29. The van der Waals surface area contributed by atoms with Gasteiger partial charge in [0, 0.05) is 13.1 Å². The SMILES string of the molecule is C=C[C@@H](C(=O)OC)[C@@H](NC(=O)OCc1ccccc1)C(=S)N1CCCC1. The summed E-state index contributed by atoms with van der Waals surface area (Å²) in [6, 6.07) is 8.61. The van der Waals surface area contributed by atoms with E-state index < -0.39 is 24.0 Å². The highest BCUT2D eigenvalue weighted by molar-refractivity contribution is 7.80. The number of likely N-dealkylation sites (tertiary alicyclic amines) is 1. The summed E-state index contributed by atoms with van der Waals surface area (Å²) in [4.78, 5) is 26.9. The summed E-state index contributed by atoms with van der Waals surface area (Å²) in [5.74, 6) is -1.28. The first-order valence-corrected chi connectivity index (χ1v) is 8.94. The van der Waals surface area contributed by atoms with E-state index in [4.69, 9.17) is 21.7 Å². The van der Waals surface area contributed by atoms with E-state index in [1.165, 1.54) is 13.2 Å². The highest BCUT2D eigenvalue weighted by atomic mass is 32.1. The van der Waals surface area contributed by atoms with Gasteiger partial charge in [0.15, 0.2) is 0 Å². The van der Waals surface area contributed by atoms with Gasteiger partial charge in [0.1, 0.15) is 17.5 Å². The molecule has 7 heteroatoms. The predicted octanol–water partition coefficient (Wildman–Crippen LogP) is 2.68. The Morgan fingerprint density at radius 1 is 1.31 bits per heavy atom. The predicted molar refractivity (Wildman–Crippen MR) is 103 cm³/mol. The van der Waals surface area contributed by atoms with Crippen LogP contribution >= 0.6 is 12.2 Å². The molecule has 0 bridgehead atoms. The average Bonchev–Trinajstić information content (AvgIpc) is 3.21. The number of amides is 1. The zero-order valence-electron chi connectivity index (χ0n) is 14.8. The maximum atomic E-state index is 12.3. The van der Waals surface area contributed by atoms with Gasteiger partial charge in [-0.1, -0.05) is 48.6 Å². The van der Waals surface area contributed by atoms with Crippen molar-refractivity contribution in [2.45, 2.75) is 25.5 Å². The number of alkyl carbamates (subject to hydrolysis) is 1. The number of thiocarbonyl (C=S) groups is 1. The van der Waals surface area contributed by atoms with Crippen LogP contribution in [0.4, 0.5) is 4.79 Å². The molecule has 1 fully saturated rings. The molecule has 1 aromatic carbocycles. The number of benzene rings is 1. The fourth-order valence-electron chi connectivity index (χ4n) is 2.84. The van der Waals surface area contributed by atoms with Crippen LogP contribution in [0.25, 0.3) is 0 Å². The minimum atomic E-state index is -0.780. The Balaban J connectivity index is 2.06. The van der Waals surface area contributed by atoms with Crippen LogP contribution in [-0.4, -0.2) is 48.2 Å². The standard InChI is InChI=1S/C19H24N2O4S/c1-3-15(18(22)24-2)16(17(26)21-11-7-8-12-21)20-19(23)25-13-14-9-5-4-6-10-14/h3-6,9-10,15-16H,1,7-8,11-13H2,2H3,(H,20,23)/t15-,16-/m1/s1. The second-order valence-corrected chi connectivity index (χ2v) is 6.42. The lowest BCUT2D eigenvalue weighted by atomic mass is 9.99. The fraction of sp³-hybridized carbons (Fsp3) is 0.421. The molecule has 6 nitrogen and oxygen atoms in total. The van der Waals surface area contributed by atoms with Crippen LogP contribution in [-0.2, 0) is 20.9 Å². The summed E-state index contributed by atoms with van der Waals surface area (Å²) >= 11 is 5.54. The van der Waals surface area contributed by atoms with Crippen molar-refractivity contribution in [3.05, 3.63) is 48.6 Å². The Morgan fingerprint density at radius 3 is 2.54 bits per heavy atom. The van der Waals surface area contributed by atoms with Crippen LogP contribution in [0.5, 0.6) is 0 Å². The maximum absolute atomic E-state index is 12.3. The van der Waals surface area contributed by atoms with Gasteiger partial charge in [-0.2, -0.15) is 0 Å². The Bertz CT molecular complexity index is 644. The quantitative estimate of drug-likeness (QED) is 0.448. The van der Waals surface area contributed by atoms with Gasteiger partial charge in [-0.15, -0.1) is 6.58 Å². The highest BCUT2D eigenvalue weighted by Crippen LogP contribution is 2.17. The zero-order chi connectivity index (χ0) is 18.9. The van der Waals surface area contributed by atoms with E-state index in [1.54, 1.807) is 0 Å². The van der Waals surface area contributed by atoms with Gasteiger partial charge >= 0.3 is 12.1 Å². The van der Waals surface area contributed by atoms with Crippen LogP contribution in [0.2, 0.25) is 0 Å². The average molecular weight is 376 g/mol. The molecular weight excluding hydrogens is 352 g/mol. The maximum Gasteiger partial charge on any atom is 0.408 e. The minimum Gasteiger partial charge on any atom is -0.468 e. The molecule has 0 unspecified atom stereocenters. The van der Waals surface area contributed by atoms with Gasteiger partial charge in [-0.3, -0.25) is 4.79 Å². The first kappa shape index (κ1) is 19.9. The highest BCUT2D eigenvalue weighted by Gasteiger charge is 2.34. The normalized spacial score (nSPS) is 15.7. The second kappa shape index (κ2) is 9.91. The van der Waals surface area contributed by atoms with Crippen molar-refractivity contribution in [1.29, 1.82) is 0 Å². The molecule has 1 aliphatic rings. The smallest absolute Gasteiger partial charge is 0.408 e. The number of nitrogens with one attached hydrogen (secondary N) is 1. The van der Waals surface area contributed by atoms with Crippen LogP contribution < -0.4 is 5.32 Å². The number of ether oxygens (including phenoxy) is 2. The van der Waals surface area contributed by atoms with Crippen LogP contribution in [0.1, 0.15) is 18.4 Å². The largest absolute Gasteiger partial charge is 0.468 e. The molecule has 1 saturated heterocycles. The molecule has 0 saturated carbocycles. The lowest BCUT2D eigenvalue weighted by Crippen LogP contribution is -2.52. The van der Waals surface area contributed by atoms with E-state index >= 15 is 0 Å². The molecule has 1 heterocycles.